The molecule has 2 fully saturated rings. The molecule has 7 heteroatoms. The van der Waals surface area contributed by atoms with Crippen molar-refractivity contribution >= 4 is 12.0 Å². The van der Waals surface area contributed by atoms with Crippen LogP contribution in [0.2, 0.25) is 0 Å². The first-order valence-electron chi connectivity index (χ1n) is 7.62. The fraction of sp³-hybridized carbons (Fsp3) is 0.857. The van der Waals surface area contributed by atoms with Gasteiger partial charge in [0.05, 0.1) is 25.9 Å². The van der Waals surface area contributed by atoms with Crippen LogP contribution in [0.5, 0.6) is 0 Å². The topological polar surface area (TPSA) is 88.1 Å². The van der Waals surface area contributed by atoms with Gasteiger partial charge in [0.25, 0.3) is 0 Å². The van der Waals surface area contributed by atoms with E-state index in [9.17, 15) is 9.59 Å². The minimum atomic E-state index is -0.811. The first kappa shape index (κ1) is 16.0. The number of nitrogens with one attached hydrogen (secondary N) is 1. The number of rotatable bonds is 5. The summed E-state index contributed by atoms with van der Waals surface area (Å²) < 4.78 is 10.8. The molecule has 7 nitrogen and oxygen atoms in total. The highest BCUT2D eigenvalue weighted by Gasteiger charge is 2.27. The maximum absolute atomic E-state index is 12.3. The Morgan fingerprint density at radius 1 is 1.29 bits per heavy atom. The van der Waals surface area contributed by atoms with Crippen LogP contribution in [0, 0.1) is 0 Å². The van der Waals surface area contributed by atoms with Crippen LogP contribution >= 0.6 is 0 Å². The number of hydrogen-bond acceptors (Lipinski definition) is 4. The summed E-state index contributed by atoms with van der Waals surface area (Å²) in [6.45, 7) is 2.79. The lowest BCUT2D eigenvalue weighted by atomic mass is 9.98. The van der Waals surface area contributed by atoms with Gasteiger partial charge in [-0.2, -0.15) is 0 Å². The van der Waals surface area contributed by atoms with Crippen LogP contribution in [-0.4, -0.2) is 67.1 Å². The van der Waals surface area contributed by atoms with Crippen LogP contribution in [0.3, 0.4) is 0 Å². The van der Waals surface area contributed by atoms with Crippen molar-refractivity contribution in [1.29, 1.82) is 0 Å². The summed E-state index contributed by atoms with van der Waals surface area (Å²) >= 11 is 0. The lowest BCUT2D eigenvalue weighted by Gasteiger charge is -2.36. The highest BCUT2D eigenvalue weighted by atomic mass is 16.6. The second kappa shape index (κ2) is 8.19. The highest BCUT2D eigenvalue weighted by Crippen LogP contribution is 2.21. The highest BCUT2D eigenvalue weighted by molar-refractivity contribution is 5.75. The van der Waals surface area contributed by atoms with Gasteiger partial charge in [-0.3, -0.25) is 4.79 Å². The lowest BCUT2D eigenvalue weighted by molar-refractivity contribution is -0.137. The maximum Gasteiger partial charge on any atom is 0.317 e. The van der Waals surface area contributed by atoms with Gasteiger partial charge in [0.2, 0.25) is 0 Å². The van der Waals surface area contributed by atoms with E-state index in [1.165, 1.54) is 0 Å². The van der Waals surface area contributed by atoms with Gasteiger partial charge in [0.15, 0.2) is 0 Å². The number of carboxylic acids is 1. The number of aliphatic carboxylic acids is 1. The molecule has 2 N–H and O–H groups in total. The molecular formula is C14H24N2O5. The molecule has 2 rings (SSSR count). The van der Waals surface area contributed by atoms with E-state index in [0.717, 1.165) is 19.3 Å². The number of nitrogens with zero attached hydrogens (tertiary/aromatic N) is 1. The molecule has 0 aromatic carbocycles. The summed E-state index contributed by atoms with van der Waals surface area (Å²) in [6.07, 6.45) is 3.43. The van der Waals surface area contributed by atoms with E-state index in [-0.39, 0.29) is 24.6 Å². The number of hydrogen-bond donors (Lipinski definition) is 2. The third-order valence-corrected chi connectivity index (χ3v) is 3.95. The fourth-order valence-corrected chi connectivity index (χ4v) is 2.82. The zero-order chi connectivity index (χ0) is 15.1. The standard InChI is InChI=1S/C14H24N2O5/c17-13(18)5-4-11-3-1-2-6-16(11)14(19)15-9-12-10-20-7-8-21-12/h11-12H,1-10H2,(H,15,19)(H,17,18). The van der Waals surface area contributed by atoms with Crippen molar-refractivity contribution in [2.45, 2.75) is 44.2 Å². The van der Waals surface area contributed by atoms with Crippen molar-refractivity contribution in [3.05, 3.63) is 0 Å². The molecule has 0 aromatic rings. The number of urea groups is 1. The van der Waals surface area contributed by atoms with E-state index < -0.39 is 5.97 Å². The molecule has 2 saturated heterocycles. The van der Waals surface area contributed by atoms with Crippen molar-refractivity contribution in [2.24, 2.45) is 0 Å². The fourth-order valence-electron chi connectivity index (χ4n) is 2.82. The quantitative estimate of drug-likeness (QED) is 0.785. The molecule has 21 heavy (non-hydrogen) atoms. The average Bonchev–Trinajstić information content (AvgIpc) is 2.52. The maximum atomic E-state index is 12.3. The molecular weight excluding hydrogens is 276 g/mol. The third kappa shape index (κ3) is 5.17. The predicted octanol–water partition coefficient (Wildman–Crippen LogP) is 0.831. The molecule has 2 amide bonds. The van der Waals surface area contributed by atoms with Crippen molar-refractivity contribution in [2.75, 3.05) is 32.9 Å². The molecule has 0 spiro atoms. The molecule has 0 radical (unpaired) electrons. The summed E-state index contributed by atoms with van der Waals surface area (Å²) in [5, 5.41) is 11.7. The number of piperidine rings is 1. The average molecular weight is 300 g/mol. The monoisotopic (exact) mass is 300 g/mol. The van der Waals surface area contributed by atoms with Gasteiger partial charge < -0.3 is 24.8 Å². The Balaban J connectivity index is 1.78. The Labute approximate surface area is 124 Å². The Morgan fingerprint density at radius 2 is 2.14 bits per heavy atom. The molecule has 0 saturated carbocycles. The predicted molar refractivity (Wildman–Crippen MR) is 75.2 cm³/mol. The van der Waals surface area contributed by atoms with Gasteiger partial charge in [-0.15, -0.1) is 0 Å². The number of carboxylic acid groups (broad SMARTS) is 1. The molecule has 0 aromatic heterocycles. The number of carbonyl (C=O) groups excluding carboxylic acids is 1. The van der Waals surface area contributed by atoms with E-state index in [2.05, 4.69) is 5.32 Å². The van der Waals surface area contributed by atoms with Gasteiger partial charge in [0, 0.05) is 25.6 Å². The van der Waals surface area contributed by atoms with Crippen molar-refractivity contribution in [3.8, 4) is 0 Å². The van der Waals surface area contributed by atoms with Gasteiger partial charge in [-0.05, 0) is 25.7 Å². The first-order valence-corrected chi connectivity index (χ1v) is 7.62. The molecule has 2 aliphatic heterocycles. The Kier molecular flexibility index (Phi) is 6.25. The van der Waals surface area contributed by atoms with Crippen molar-refractivity contribution < 1.29 is 24.2 Å². The van der Waals surface area contributed by atoms with E-state index >= 15 is 0 Å². The van der Waals surface area contributed by atoms with Gasteiger partial charge in [-0.25, -0.2) is 4.79 Å². The Bertz CT molecular complexity index is 357. The second-order valence-electron chi connectivity index (χ2n) is 5.53. The van der Waals surface area contributed by atoms with Crippen LogP contribution in [0.15, 0.2) is 0 Å². The summed E-state index contributed by atoms with van der Waals surface area (Å²) in [6, 6.07) is -0.0994. The smallest absolute Gasteiger partial charge is 0.317 e. The van der Waals surface area contributed by atoms with E-state index in [0.29, 0.717) is 39.3 Å². The van der Waals surface area contributed by atoms with Crippen LogP contribution in [0.4, 0.5) is 4.79 Å². The molecule has 2 heterocycles. The van der Waals surface area contributed by atoms with Gasteiger partial charge in [0.1, 0.15) is 0 Å². The van der Waals surface area contributed by atoms with Crippen LogP contribution < -0.4 is 5.32 Å². The third-order valence-electron chi connectivity index (χ3n) is 3.95. The summed E-state index contributed by atoms with van der Waals surface area (Å²) in [4.78, 5) is 24.7. The Hall–Kier alpha value is -1.34. The van der Waals surface area contributed by atoms with E-state index in [1.54, 1.807) is 4.90 Å². The number of carbonyl (C=O) groups is 2. The first-order chi connectivity index (χ1) is 10.2. The largest absolute Gasteiger partial charge is 0.481 e. The molecule has 2 unspecified atom stereocenters. The second-order valence-corrected chi connectivity index (χ2v) is 5.53. The normalized spacial score (nSPS) is 26.4. The molecule has 120 valence electrons. The molecule has 2 atom stereocenters. The van der Waals surface area contributed by atoms with Crippen molar-refractivity contribution in [3.63, 3.8) is 0 Å². The number of likely N-dealkylation sites (tertiary alicyclic amines) is 1. The van der Waals surface area contributed by atoms with Gasteiger partial charge >= 0.3 is 12.0 Å². The van der Waals surface area contributed by atoms with Gasteiger partial charge in [-0.1, -0.05) is 0 Å². The zero-order valence-corrected chi connectivity index (χ0v) is 12.3. The number of amides is 2. The van der Waals surface area contributed by atoms with Crippen LogP contribution in [0.25, 0.3) is 0 Å². The minimum Gasteiger partial charge on any atom is -0.481 e. The molecule has 0 aliphatic carbocycles. The van der Waals surface area contributed by atoms with Crippen LogP contribution in [0.1, 0.15) is 32.1 Å². The zero-order valence-electron chi connectivity index (χ0n) is 12.3. The van der Waals surface area contributed by atoms with E-state index in [4.69, 9.17) is 14.6 Å². The summed E-state index contributed by atoms with van der Waals surface area (Å²) in [7, 11) is 0. The minimum absolute atomic E-state index is 0.0263. The summed E-state index contributed by atoms with van der Waals surface area (Å²) in [5.74, 6) is -0.811. The molecule has 2 aliphatic rings. The lowest BCUT2D eigenvalue weighted by Crippen LogP contribution is -2.51. The number of ether oxygens (including phenoxy) is 2. The van der Waals surface area contributed by atoms with Crippen LogP contribution in [-0.2, 0) is 14.3 Å². The Morgan fingerprint density at radius 3 is 2.86 bits per heavy atom. The van der Waals surface area contributed by atoms with Crippen molar-refractivity contribution in [1.82, 2.24) is 10.2 Å². The molecule has 0 bridgehead atoms. The van der Waals surface area contributed by atoms with E-state index in [1.807, 2.05) is 0 Å². The summed E-state index contributed by atoms with van der Waals surface area (Å²) in [5.41, 5.74) is 0. The SMILES string of the molecule is O=C(O)CCC1CCCCN1C(=O)NCC1COCCO1.